The number of ether oxygens (including phenoxy) is 1. The predicted octanol–water partition coefficient (Wildman–Crippen LogP) is 2.67. The zero-order chi connectivity index (χ0) is 13.2. The van der Waals surface area contributed by atoms with E-state index in [1.54, 1.807) is 0 Å². The van der Waals surface area contributed by atoms with Gasteiger partial charge >= 0.3 is 6.36 Å². The number of para-hydroxylation sites is 1. The average molecular weight is 274 g/mol. The summed E-state index contributed by atoms with van der Waals surface area (Å²) < 4.78 is 47.6. The highest BCUT2D eigenvalue weighted by Gasteiger charge is 2.33. The Hall–Kier alpha value is -1.96. The molecule has 0 amide bonds. The van der Waals surface area contributed by atoms with E-state index in [1.165, 1.54) is 24.4 Å². The van der Waals surface area contributed by atoms with Crippen molar-refractivity contribution in [3.05, 3.63) is 41.7 Å². The van der Waals surface area contributed by atoms with E-state index in [1.807, 2.05) is 0 Å². The lowest BCUT2D eigenvalue weighted by atomic mass is 10.1. The second kappa shape index (κ2) is 4.73. The van der Waals surface area contributed by atoms with Crippen molar-refractivity contribution in [3.63, 3.8) is 0 Å². The zero-order valence-corrected chi connectivity index (χ0v) is 9.46. The molecule has 94 valence electrons. The Morgan fingerprint density at radius 3 is 2.61 bits per heavy atom. The van der Waals surface area contributed by atoms with Crippen LogP contribution in [-0.4, -0.2) is 20.9 Å². The minimum atomic E-state index is -4.85. The molecule has 0 unspecified atom stereocenters. The van der Waals surface area contributed by atoms with Crippen molar-refractivity contribution in [2.24, 2.45) is 0 Å². The lowest BCUT2D eigenvalue weighted by molar-refractivity contribution is -0.274. The van der Waals surface area contributed by atoms with Crippen molar-refractivity contribution in [1.82, 2.24) is 8.75 Å². The number of halogens is 3. The quantitative estimate of drug-likeness (QED) is 0.807. The summed E-state index contributed by atoms with van der Waals surface area (Å²) >= 11 is 0.798. The Kier molecular flexibility index (Phi) is 3.28. The molecule has 0 aliphatic rings. The molecule has 0 fully saturated rings. The van der Waals surface area contributed by atoms with Crippen molar-refractivity contribution in [3.8, 4) is 5.75 Å². The van der Waals surface area contributed by atoms with E-state index in [4.69, 9.17) is 0 Å². The molecule has 0 aliphatic carbocycles. The minimum Gasteiger partial charge on any atom is -0.405 e. The van der Waals surface area contributed by atoms with E-state index in [0.717, 1.165) is 17.8 Å². The fourth-order valence-corrected chi connectivity index (χ4v) is 1.68. The minimum absolute atomic E-state index is 0.0155. The highest BCUT2D eigenvalue weighted by molar-refractivity contribution is 6.99. The van der Waals surface area contributed by atoms with Gasteiger partial charge < -0.3 is 4.74 Å². The molecule has 0 aliphatic heterocycles. The molecule has 0 bridgehead atoms. The Labute approximate surface area is 103 Å². The second-order valence-electron chi connectivity index (χ2n) is 3.17. The van der Waals surface area contributed by atoms with Crippen LogP contribution in [0.5, 0.6) is 5.75 Å². The molecule has 0 saturated heterocycles. The molecule has 2 rings (SSSR count). The average Bonchev–Trinajstić information content (AvgIpc) is 2.80. The van der Waals surface area contributed by atoms with Crippen molar-refractivity contribution >= 4 is 17.5 Å². The number of carbonyl (C=O) groups excluding carboxylic acids is 1. The van der Waals surface area contributed by atoms with Crippen molar-refractivity contribution in [2.75, 3.05) is 0 Å². The number of rotatable bonds is 3. The third-order valence-corrected chi connectivity index (χ3v) is 2.43. The Bertz CT molecular complexity index is 555. The van der Waals surface area contributed by atoms with Gasteiger partial charge in [0.2, 0.25) is 5.78 Å². The van der Waals surface area contributed by atoms with E-state index in [9.17, 15) is 18.0 Å². The molecule has 8 heteroatoms. The van der Waals surface area contributed by atoms with Crippen LogP contribution in [0, 0.1) is 0 Å². The van der Waals surface area contributed by atoms with Gasteiger partial charge in [-0.3, -0.25) is 4.79 Å². The normalized spacial score (nSPS) is 11.3. The molecule has 0 atom stereocenters. The summed E-state index contributed by atoms with van der Waals surface area (Å²) in [6, 6.07) is 5.09. The summed E-state index contributed by atoms with van der Waals surface area (Å²) in [6.45, 7) is 0. The first kappa shape index (κ1) is 12.5. The first-order valence-corrected chi connectivity index (χ1v) is 5.37. The molecule has 1 heterocycles. The maximum Gasteiger partial charge on any atom is 0.573 e. The van der Waals surface area contributed by atoms with Gasteiger partial charge in [-0.15, -0.1) is 13.2 Å². The molecule has 0 spiro atoms. The molecule has 1 aromatic carbocycles. The van der Waals surface area contributed by atoms with E-state index in [2.05, 4.69) is 13.5 Å². The highest BCUT2D eigenvalue weighted by Crippen LogP contribution is 2.27. The van der Waals surface area contributed by atoms with Gasteiger partial charge in [0.1, 0.15) is 11.4 Å². The lowest BCUT2D eigenvalue weighted by Crippen LogP contribution is -2.19. The third-order valence-electron chi connectivity index (χ3n) is 1.95. The van der Waals surface area contributed by atoms with Crippen LogP contribution < -0.4 is 4.74 Å². The fraction of sp³-hybridized carbons (Fsp3) is 0.100. The number of ketones is 1. The summed E-state index contributed by atoms with van der Waals surface area (Å²) in [5.41, 5.74) is -0.222. The van der Waals surface area contributed by atoms with Crippen LogP contribution in [0.15, 0.2) is 30.5 Å². The standard InChI is InChI=1S/C10H5F3N2O2S/c11-10(12,13)17-8-4-2-1-3-6(8)9(16)7-5-14-18-15-7/h1-5H. The topological polar surface area (TPSA) is 52.1 Å². The molecule has 2 aromatic rings. The van der Waals surface area contributed by atoms with Gasteiger partial charge in [0.25, 0.3) is 0 Å². The van der Waals surface area contributed by atoms with Gasteiger partial charge in [0.05, 0.1) is 23.5 Å². The number of hydrogen-bond acceptors (Lipinski definition) is 5. The zero-order valence-electron chi connectivity index (χ0n) is 8.64. The van der Waals surface area contributed by atoms with Crippen LogP contribution in [0.25, 0.3) is 0 Å². The molecular weight excluding hydrogens is 269 g/mol. The maximum atomic E-state index is 12.2. The molecule has 0 radical (unpaired) electrons. The number of aromatic nitrogens is 2. The van der Waals surface area contributed by atoms with Gasteiger partial charge in [-0.05, 0) is 12.1 Å². The molecule has 18 heavy (non-hydrogen) atoms. The summed E-state index contributed by atoms with van der Waals surface area (Å²) in [7, 11) is 0. The first-order valence-electron chi connectivity index (χ1n) is 4.64. The van der Waals surface area contributed by atoms with Gasteiger partial charge in [-0.2, -0.15) is 8.75 Å². The van der Waals surface area contributed by atoms with Crippen molar-refractivity contribution < 1.29 is 22.7 Å². The smallest absolute Gasteiger partial charge is 0.405 e. The predicted molar refractivity (Wildman–Crippen MR) is 56.5 cm³/mol. The number of benzene rings is 1. The summed E-state index contributed by atoms with van der Waals surface area (Å²) in [6.07, 6.45) is -3.66. The highest BCUT2D eigenvalue weighted by atomic mass is 32.1. The number of hydrogen-bond donors (Lipinski definition) is 0. The molecule has 0 saturated carbocycles. The van der Waals surface area contributed by atoms with Crippen LogP contribution >= 0.6 is 11.7 Å². The Morgan fingerprint density at radius 2 is 2.00 bits per heavy atom. The first-order chi connectivity index (χ1) is 8.47. The van der Waals surface area contributed by atoms with Gasteiger partial charge in [-0.1, -0.05) is 12.1 Å². The summed E-state index contributed by atoms with van der Waals surface area (Å²) in [4.78, 5) is 11.9. The van der Waals surface area contributed by atoms with E-state index >= 15 is 0 Å². The Morgan fingerprint density at radius 1 is 1.28 bits per heavy atom. The van der Waals surface area contributed by atoms with Crippen molar-refractivity contribution in [2.45, 2.75) is 6.36 Å². The maximum absolute atomic E-state index is 12.2. The molecule has 1 aromatic heterocycles. The largest absolute Gasteiger partial charge is 0.573 e. The van der Waals surface area contributed by atoms with Crippen LogP contribution in [0.2, 0.25) is 0 Å². The van der Waals surface area contributed by atoms with Crippen LogP contribution in [-0.2, 0) is 0 Å². The molecule has 4 nitrogen and oxygen atoms in total. The lowest BCUT2D eigenvalue weighted by Gasteiger charge is -2.11. The second-order valence-corrected chi connectivity index (χ2v) is 3.72. The third kappa shape index (κ3) is 2.83. The number of nitrogens with zero attached hydrogens (tertiary/aromatic N) is 2. The molecule has 0 N–H and O–H groups in total. The van der Waals surface area contributed by atoms with Crippen LogP contribution in [0.1, 0.15) is 16.1 Å². The van der Waals surface area contributed by atoms with Crippen LogP contribution in [0.4, 0.5) is 13.2 Å². The van der Waals surface area contributed by atoms with E-state index in [0.29, 0.717) is 0 Å². The van der Waals surface area contributed by atoms with Crippen molar-refractivity contribution in [1.29, 1.82) is 0 Å². The monoisotopic (exact) mass is 274 g/mol. The van der Waals surface area contributed by atoms with Gasteiger partial charge in [0.15, 0.2) is 0 Å². The van der Waals surface area contributed by atoms with Crippen LogP contribution in [0.3, 0.4) is 0 Å². The SMILES string of the molecule is O=C(c1cnsn1)c1ccccc1OC(F)(F)F. The summed E-state index contributed by atoms with van der Waals surface area (Å²) in [5, 5.41) is 0. The van der Waals surface area contributed by atoms with E-state index in [-0.39, 0.29) is 11.3 Å². The van der Waals surface area contributed by atoms with E-state index < -0.39 is 17.9 Å². The summed E-state index contributed by atoms with van der Waals surface area (Å²) in [5.74, 6) is -1.22. The van der Waals surface area contributed by atoms with Gasteiger partial charge in [0, 0.05) is 0 Å². The van der Waals surface area contributed by atoms with Gasteiger partial charge in [-0.25, -0.2) is 0 Å². The number of carbonyl (C=O) groups is 1. The fourth-order valence-electron chi connectivity index (χ4n) is 1.27. The number of alkyl halides is 3. The molecular formula is C10H5F3N2O2S. The Balaban J connectivity index is 2.36.